The Labute approximate surface area is 124 Å². The van der Waals surface area contributed by atoms with E-state index in [1.165, 1.54) is 0 Å². The van der Waals surface area contributed by atoms with Crippen LogP contribution in [0.5, 0.6) is 0 Å². The zero-order chi connectivity index (χ0) is 13.1. The largest absolute Gasteiger partial charge is 0.322 e. The van der Waals surface area contributed by atoms with Gasteiger partial charge in [0.05, 0.1) is 5.02 Å². The molecule has 92 valence electrons. The van der Waals surface area contributed by atoms with Gasteiger partial charge < -0.3 is 5.32 Å². The van der Waals surface area contributed by atoms with E-state index in [0.29, 0.717) is 10.6 Å². The molecule has 0 bridgehead atoms. The standard InChI is InChI=1S/C14H11ClINO/c1-9-2-5-11(6-3-9)17-14(18)10-4-7-13(16)12(15)8-10/h2-8H,1H3,(H,17,18). The van der Waals surface area contributed by atoms with Crippen molar-refractivity contribution in [2.45, 2.75) is 6.92 Å². The molecule has 0 aliphatic rings. The van der Waals surface area contributed by atoms with Crippen LogP contribution >= 0.6 is 34.2 Å². The molecule has 0 fully saturated rings. The SMILES string of the molecule is Cc1ccc(NC(=O)c2ccc(I)c(Cl)c2)cc1. The fraction of sp³-hybridized carbons (Fsp3) is 0.0714. The van der Waals surface area contributed by atoms with Crippen molar-refractivity contribution < 1.29 is 4.79 Å². The molecule has 0 saturated heterocycles. The summed E-state index contributed by atoms with van der Waals surface area (Å²) in [6.07, 6.45) is 0. The van der Waals surface area contributed by atoms with Gasteiger partial charge in [0.1, 0.15) is 0 Å². The number of carbonyl (C=O) groups excluding carboxylic acids is 1. The highest BCUT2D eigenvalue weighted by Gasteiger charge is 2.07. The third kappa shape index (κ3) is 3.23. The van der Waals surface area contributed by atoms with Gasteiger partial charge in [-0.15, -0.1) is 0 Å². The van der Waals surface area contributed by atoms with Crippen molar-refractivity contribution in [1.82, 2.24) is 0 Å². The van der Waals surface area contributed by atoms with Crippen LogP contribution in [0, 0.1) is 10.5 Å². The molecule has 2 rings (SSSR count). The Morgan fingerprint density at radius 1 is 1.17 bits per heavy atom. The molecule has 0 atom stereocenters. The first-order valence-corrected chi connectivity index (χ1v) is 6.85. The van der Waals surface area contributed by atoms with Crippen LogP contribution in [0.15, 0.2) is 42.5 Å². The Hall–Kier alpha value is -1.07. The maximum atomic E-state index is 12.0. The molecular formula is C14H11ClINO. The van der Waals surface area contributed by atoms with Gasteiger partial charge in [0.25, 0.3) is 5.91 Å². The molecule has 0 unspecified atom stereocenters. The van der Waals surface area contributed by atoms with Crippen molar-refractivity contribution in [2.75, 3.05) is 5.32 Å². The highest BCUT2D eigenvalue weighted by atomic mass is 127. The molecule has 2 aromatic carbocycles. The van der Waals surface area contributed by atoms with Gasteiger partial charge in [0, 0.05) is 14.8 Å². The molecule has 1 amide bonds. The highest BCUT2D eigenvalue weighted by molar-refractivity contribution is 14.1. The van der Waals surface area contributed by atoms with Crippen LogP contribution in [0.4, 0.5) is 5.69 Å². The van der Waals surface area contributed by atoms with Gasteiger partial charge in [0.2, 0.25) is 0 Å². The van der Waals surface area contributed by atoms with E-state index in [2.05, 4.69) is 27.9 Å². The minimum Gasteiger partial charge on any atom is -0.322 e. The molecule has 0 aliphatic heterocycles. The Morgan fingerprint density at radius 3 is 2.44 bits per heavy atom. The van der Waals surface area contributed by atoms with Crippen molar-refractivity contribution in [3.63, 3.8) is 0 Å². The van der Waals surface area contributed by atoms with Crippen LogP contribution in [0.25, 0.3) is 0 Å². The Bertz CT molecular complexity index is 581. The van der Waals surface area contributed by atoms with E-state index in [1.807, 2.05) is 37.3 Å². The molecule has 2 aromatic rings. The Kier molecular flexibility index (Phi) is 4.24. The maximum absolute atomic E-state index is 12.0. The van der Waals surface area contributed by atoms with E-state index in [9.17, 15) is 4.79 Å². The van der Waals surface area contributed by atoms with Crippen LogP contribution < -0.4 is 5.32 Å². The minimum atomic E-state index is -0.155. The van der Waals surface area contributed by atoms with E-state index >= 15 is 0 Å². The number of benzene rings is 2. The Balaban J connectivity index is 2.16. The highest BCUT2D eigenvalue weighted by Crippen LogP contribution is 2.20. The second-order valence-electron chi connectivity index (χ2n) is 3.95. The molecule has 0 spiro atoms. The number of nitrogens with one attached hydrogen (secondary N) is 1. The zero-order valence-electron chi connectivity index (χ0n) is 9.71. The average Bonchev–Trinajstić information content (AvgIpc) is 2.35. The van der Waals surface area contributed by atoms with E-state index in [4.69, 9.17) is 11.6 Å². The second-order valence-corrected chi connectivity index (χ2v) is 5.52. The lowest BCUT2D eigenvalue weighted by Crippen LogP contribution is -2.11. The van der Waals surface area contributed by atoms with E-state index < -0.39 is 0 Å². The topological polar surface area (TPSA) is 29.1 Å². The number of hydrogen-bond donors (Lipinski definition) is 1. The quantitative estimate of drug-likeness (QED) is 0.774. The first-order chi connectivity index (χ1) is 8.56. The van der Waals surface area contributed by atoms with Gasteiger partial charge in [-0.3, -0.25) is 4.79 Å². The number of amides is 1. The first-order valence-electron chi connectivity index (χ1n) is 5.39. The summed E-state index contributed by atoms with van der Waals surface area (Å²) in [5, 5.41) is 3.42. The Morgan fingerprint density at radius 2 is 1.83 bits per heavy atom. The fourth-order valence-corrected chi connectivity index (χ4v) is 1.99. The van der Waals surface area contributed by atoms with Crippen molar-refractivity contribution in [1.29, 1.82) is 0 Å². The van der Waals surface area contributed by atoms with Crippen LogP contribution in [0.1, 0.15) is 15.9 Å². The molecule has 0 aliphatic carbocycles. The predicted octanol–water partition coefficient (Wildman–Crippen LogP) is 4.51. The molecule has 2 nitrogen and oxygen atoms in total. The summed E-state index contributed by atoms with van der Waals surface area (Å²) in [6.45, 7) is 2.00. The average molecular weight is 372 g/mol. The molecule has 4 heteroatoms. The van der Waals surface area contributed by atoms with Crippen LogP contribution in [-0.2, 0) is 0 Å². The predicted molar refractivity (Wildman–Crippen MR) is 83.3 cm³/mol. The second kappa shape index (κ2) is 5.71. The lowest BCUT2D eigenvalue weighted by molar-refractivity contribution is 0.102. The maximum Gasteiger partial charge on any atom is 0.255 e. The summed E-state index contributed by atoms with van der Waals surface area (Å²) < 4.78 is 0.932. The molecule has 0 aromatic heterocycles. The van der Waals surface area contributed by atoms with Gasteiger partial charge in [-0.2, -0.15) is 0 Å². The lowest BCUT2D eigenvalue weighted by Gasteiger charge is -2.06. The van der Waals surface area contributed by atoms with Gasteiger partial charge in [-0.25, -0.2) is 0 Å². The third-order valence-electron chi connectivity index (χ3n) is 2.49. The van der Waals surface area contributed by atoms with Gasteiger partial charge >= 0.3 is 0 Å². The third-order valence-corrected chi connectivity index (χ3v) is 4.06. The van der Waals surface area contributed by atoms with Crippen molar-refractivity contribution in [2.24, 2.45) is 0 Å². The summed E-state index contributed by atoms with van der Waals surface area (Å²) in [5.41, 5.74) is 2.49. The molecular weight excluding hydrogens is 361 g/mol. The smallest absolute Gasteiger partial charge is 0.255 e. The summed E-state index contributed by atoms with van der Waals surface area (Å²) in [4.78, 5) is 12.0. The van der Waals surface area contributed by atoms with Crippen molar-refractivity contribution in [3.05, 3.63) is 62.2 Å². The lowest BCUT2D eigenvalue weighted by atomic mass is 10.2. The van der Waals surface area contributed by atoms with Crippen molar-refractivity contribution in [3.8, 4) is 0 Å². The van der Waals surface area contributed by atoms with Crippen LogP contribution in [0.3, 0.4) is 0 Å². The molecule has 0 radical (unpaired) electrons. The number of aryl methyl sites for hydroxylation is 1. The van der Waals surface area contributed by atoms with Crippen LogP contribution in [0.2, 0.25) is 5.02 Å². The van der Waals surface area contributed by atoms with Crippen molar-refractivity contribution >= 4 is 45.8 Å². The zero-order valence-corrected chi connectivity index (χ0v) is 12.6. The summed E-state index contributed by atoms with van der Waals surface area (Å²) in [7, 11) is 0. The van der Waals surface area contributed by atoms with Gasteiger partial charge in [-0.1, -0.05) is 29.3 Å². The summed E-state index contributed by atoms with van der Waals surface area (Å²) in [6, 6.07) is 12.9. The van der Waals surface area contributed by atoms with E-state index in [-0.39, 0.29) is 5.91 Å². The van der Waals surface area contributed by atoms with Gasteiger partial charge in [0.15, 0.2) is 0 Å². The van der Waals surface area contributed by atoms with Crippen LogP contribution in [-0.4, -0.2) is 5.91 Å². The molecule has 0 saturated carbocycles. The molecule has 1 N–H and O–H groups in total. The number of hydrogen-bond acceptors (Lipinski definition) is 1. The number of rotatable bonds is 2. The summed E-state index contributed by atoms with van der Waals surface area (Å²) in [5.74, 6) is -0.155. The number of carbonyl (C=O) groups is 1. The number of halogens is 2. The molecule has 0 heterocycles. The van der Waals surface area contributed by atoms with Gasteiger partial charge in [-0.05, 0) is 59.8 Å². The minimum absolute atomic E-state index is 0.155. The molecule has 18 heavy (non-hydrogen) atoms. The number of anilines is 1. The summed E-state index contributed by atoms with van der Waals surface area (Å²) >= 11 is 8.12. The normalized spacial score (nSPS) is 10.2. The monoisotopic (exact) mass is 371 g/mol. The first kappa shape index (κ1) is 13.4. The van der Waals surface area contributed by atoms with E-state index in [1.54, 1.807) is 12.1 Å². The fourth-order valence-electron chi connectivity index (χ4n) is 1.48. The van der Waals surface area contributed by atoms with E-state index in [0.717, 1.165) is 14.8 Å².